The second-order valence-electron chi connectivity index (χ2n) is 10.6. The van der Waals surface area contributed by atoms with E-state index in [-0.39, 0.29) is 19.1 Å². The molecule has 0 aliphatic rings. The largest absolute Gasteiger partial charge is 0.493 e. The van der Waals surface area contributed by atoms with Gasteiger partial charge >= 0.3 is 0 Å². The van der Waals surface area contributed by atoms with Crippen molar-refractivity contribution in [1.82, 2.24) is 4.90 Å². The number of terminal acetylenes is 2. The molecule has 0 unspecified atom stereocenters. The number of methoxy groups -OCH3 is 2. The summed E-state index contributed by atoms with van der Waals surface area (Å²) in [6, 6.07) is 18.3. The first kappa shape index (κ1) is 37.1. The van der Waals surface area contributed by atoms with Crippen LogP contribution in [0.3, 0.4) is 0 Å². The van der Waals surface area contributed by atoms with Crippen LogP contribution < -0.4 is 18.9 Å². The van der Waals surface area contributed by atoms with Gasteiger partial charge in [-0.15, -0.1) is 12.8 Å². The Morgan fingerprint density at radius 1 is 0.745 bits per heavy atom. The van der Waals surface area contributed by atoms with E-state index in [4.69, 9.17) is 52.9 Å². The molecular formula is C38H44ClNO7. The monoisotopic (exact) mass is 661 g/mol. The van der Waals surface area contributed by atoms with E-state index < -0.39 is 5.79 Å². The maximum atomic E-state index is 14.8. The Bertz CT molecular complexity index is 1430. The lowest BCUT2D eigenvalue weighted by Gasteiger charge is -2.37. The summed E-state index contributed by atoms with van der Waals surface area (Å²) in [5.41, 5.74) is 2.48. The molecule has 0 aromatic heterocycles. The molecule has 0 radical (unpaired) electrons. The minimum absolute atomic E-state index is 0.127. The van der Waals surface area contributed by atoms with Crippen LogP contribution in [0.1, 0.15) is 43.4 Å². The van der Waals surface area contributed by atoms with Gasteiger partial charge in [-0.25, -0.2) is 0 Å². The minimum Gasteiger partial charge on any atom is -0.493 e. The van der Waals surface area contributed by atoms with Crippen LogP contribution in [0.15, 0.2) is 60.7 Å². The molecule has 0 spiro atoms. The van der Waals surface area contributed by atoms with Crippen molar-refractivity contribution < 1.29 is 33.2 Å². The highest BCUT2D eigenvalue weighted by Crippen LogP contribution is 2.34. The maximum absolute atomic E-state index is 14.8. The van der Waals surface area contributed by atoms with Crippen LogP contribution >= 0.6 is 11.6 Å². The van der Waals surface area contributed by atoms with Gasteiger partial charge in [-0.3, -0.25) is 4.79 Å². The van der Waals surface area contributed by atoms with Crippen molar-refractivity contribution in [2.45, 2.75) is 45.3 Å². The molecule has 0 saturated heterocycles. The number of carbonyl (C=O) groups is 1. The van der Waals surface area contributed by atoms with Crippen molar-refractivity contribution >= 4 is 17.5 Å². The Labute approximate surface area is 284 Å². The van der Waals surface area contributed by atoms with Gasteiger partial charge < -0.3 is 33.3 Å². The van der Waals surface area contributed by atoms with E-state index in [0.29, 0.717) is 85.6 Å². The molecule has 0 N–H and O–H groups in total. The van der Waals surface area contributed by atoms with Crippen LogP contribution in [0.5, 0.6) is 23.0 Å². The van der Waals surface area contributed by atoms with E-state index in [1.807, 2.05) is 50.2 Å². The Kier molecular flexibility index (Phi) is 15.3. The van der Waals surface area contributed by atoms with Gasteiger partial charge in [0, 0.05) is 23.7 Å². The molecule has 0 saturated carbocycles. The van der Waals surface area contributed by atoms with E-state index >= 15 is 0 Å². The van der Waals surface area contributed by atoms with Crippen LogP contribution in [0.2, 0.25) is 5.02 Å². The Hall–Kier alpha value is -4.34. The van der Waals surface area contributed by atoms with Crippen molar-refractivity contribution in [2.24, 2.45) is 0 Å². The number of hydrogen-bond acceptors (Lipinski definition) is 7. The molecule has 0 aliphatic carbocycles. The predicted octanol–water partition coefficient (Wildman–Crippen LogP) is 6.70. The third-order valence-corrected chi connectivity index (χ3v) is 7.48. The van der Waals surface area contributed by atoms with Crippen LogP contribution in [0.25, 0.3) is 0 Å². The molecular weight excluding hydrogens is 618 g/mol. The quantitative estimate of drug-likeness (QED) is 0.0985. The van der Waals surface area contributed by atoms with Gasteiger partial charge in [-0.05, 0) is 73.2 Å². The fraction of sp³-hybridized carbons (Fsp3) is 0.395. The van der Waals surface area contributed by atoms with Gasteiger partial charge in [-0.1, -0.05) is 61.6 Å². The number of hydrogen-bond donors (Lipinski definition) is 0. The smallest absolute Gasteiger partial charge is 0.288 e. The third kappa shape index (κ3) is 10.3. The number of nitrogens with zero attached hydrogens (tertiary/aromatic N) is 1. The summed E-state index contributed by atoms with van der Waals surface area (Å²) >= 11 is 6.24. The fourth-order valence-electron chi connectivity index (χ4n) is 4.88. The van der Waals surface area contributed by atoms with Crippen molar-refractivity contribution in [3.05, 3.63) is 82.4 Å². The third-order valence-electron chi connectivity index (χ3n) is 7.23. The molecule has 9 heteroatoms. The summed E-state index contributed by atoms with van der Waals surface area (Å²) in [7, 11) is 3.15. The summed E-state index contributed by atoms with van der Waals surface area (Å²) in [5.74, 6) is 5.18. The lowest BCUT2D eigenvalue weighted by Crippen LogP contribution is -2.52. The number of halogens is 1. The predicted molar refractivity (Wildman–Crippen MR) is 184 cm³/mol. The lowest BCUT2D eigenvalue weighted by atomic mass is 10.0. The molecule has 8 nitrogen and oxygen atoms in total. The molecule has 1 amide bonds. The molecule has 0 heterocycles. The molecule has 3 aromatic carbocycles. The first-order valence-corrected chi connectivity index (χ1v) is 16.0. The first-order chi connectivity index (χ1) is 22.8. The van der Waals surface area contributed by atoms with Crippen molar-refractivity contribution in [2.75, 3.05) is 53.7 Å². The Balaban J connectivity index is 2.00. The lowest BCUT2D eigenvalue weighted by molar-refractivity contribution is -0.246. The molecule has 3 rings (SSSR count). The zero-order valence-electron chi connectivity index (χ0n) is 27.7. The molecule has 47 heavy (non-hydrogen) atoms. The zero-order valence-corrected chi connectivity index (χ0v) is 28.4. The number of benzene rings is 3. The number of carbonyl (C=O) groups excluding carboxylic acids is 1. The maximum Gasteiger partial charge on any atom is 0.288 e. The normalized spacial score (nSPS) is 10.9. The minimum atomic E-state index is -1.66. The van der Waals surface area contributed by atoms with E-state index in [2.05, 4.69) is 11.8 Å². The molecule has 0 atom stereocenters. The van der Waals surface area contributed by atoms with Gasteiger partial charge in [0.2, 0.25) is 0 Å². The highest BCUT2D eigenvalue weighted by molar-refractivity contribution is 6.30. The van der Waals surface area contributed by atoms with Gasteiger partial charge in [0.1, 0.15) is 13.2 Å². The Morgan fingerprint density at radius 3 is 1.62 bits per heavy atom. The topological polar surface area (TPSA) is 75.7 Å². The molecule has 3 aromatic rings. The summed E-state index contributed by atoms with van der Waals surface area (Å²) < 4.78 is 35.1. The van der Waals surface area contributed by atoms with E-state index in [1.165, 1.54) is 0 Å². The van der Waals surface area contributed by atoms with Gasteiger partial charge in [0.25, 0.3) is 11.7 Å². The van der Waals surface area contributed by atoms with Gasteiger partial charge in [0.05, 0.1) is 27.4 Å². The molecule has 250 valence electrons. The van der Waals surface area contributed by atoms with Crippen LogP contribution in [0, 0.1) is 24.7 Å². The summed E-state index contributed by atoms with van der Waals surface area (Å²) in [5, 5.41) is 0.546. The van der Waals surface area contributed by atoms with Crippen LogP contribution in [0.4, 0.5) is 0 Å². The highest BCUT2D eigenvalue weighted by Gasteiger charge is 2.45. The van der Waals surface area contributed by atoms with E-state index in [9.17, 15) is 4.79 Å². The van der Waals surface area contributed by atoms with Gasteiger partial charge in [-0.2, -0.15) is 0 Å². The standard InChI is InChI=1S/C38H44ClNO7/c1-7-23-44-33-17-11-29(27-35(33)42-5)19-21-40(22-20-30-12-18-34(45-24-8-2)36(28-30)43-6)37(41)38(46-25-9-3,47-26-10-4)31-13-15-32(39)16-14-31/h1-2,11-18,27-28H,9-10,19-26H2,3-6H3. The zero-order chi connectivity index (χ0) is 34.1. The number of ether oxygens (including phenoxy) is 6. The second kappa shape index (κ2) is 19.4. The first-order valence-electron chi connectivity index (χ1n) is 15.6. The Morgan fingerprint density at radius 2 is 1.21 bits per heavy atom. The average Bonchev–Trinajstić information content (AvgIpc) is 3.10. The van der Waals surface area contributed by atoms with Crippen molar-refractivity contribution in [3.8, 4) is 47.7 Å². The summed E-state index contributed by atoms with van der Waals surface area (Å²) in [6.07, 6.45) is 13.2. The van der Waals surface area contributed by atoms with Gasteiger partial charge in [0.15, 0.2) is 23.0 Å². The van der Waals surface area contributed by atoms with E-state index in [0.717, 1.165) is 11.1 Å². The van der Waals surface area contributed by atoms with Crippen molar-refractivity contribution in [3.63, 3.8) is 0 Å². The van der Waals surface area contributed by atoms with Crippen LogP contribution in [-0.4, -0.2) is 64.5 Å². The SMILES string of the molecule is C#CCOc1ccc(CCN(CCc2ccc(OCC#C)c(OC)c2)C(=O)C(OCCC)(OCCC)c2ccc(Cl)cc2)cc1OC. The molecule has 0 aliphatic heterocycles. The van der Waals surface area contributed by atoms with Crippen molar-refractivity contribution in [1.29, 1.82) is 0 Å². The second-order valence-corrected chi connectivity index (χ2v) is 11.0. The highest BCUT2D eigenvalue weighted by atomic mass is 35.5. The fourth-order valence-corrected chi connectivity index (χ4v) is 5.01. The number of rotatable bonds is 20. The molecule has 0 bridgehead atoms. The van der Waals surface area contributed by atoms with Crippen LogP contribution in [-0.2, 0) is 32.9 Å². The van der Waals surface area contributed by atoms with E-state index in [1.54, 1.807) is 43.4 Å². The number of amides is 1. The average molecular weight is 662 g/mol. The summed E-state index contributed by atoms with van der Waals surface area (Å²) in [4.78, 5) is 16.6. The summed E-state index contributed by atoms with van der Waals surface area (Å²) in [6.45, 7) is 5.61. The molecule has 0 fully saturated rings.